The van der Waals surface area contributed by atoms with Crippen LogP contribution in [0.5, 0.6) is 0 Å². The van der Waals surface area contributed by atoms with Crippen molar-refractivity contribution in [1.29, 1.82) is 0 Å². The molecule has 2 amide bonds. The third-order valence-corrected chi connectivity index (χ3v) is 5.16. The van der Waals surface area contributed by atoms with Crippen molar-refractivity contribution in [3.8, 4) is 0 Å². The van der Waals surface area contributed by atoms with Gasteiger partial charge in [-0.15, -0.1) is 0 Å². The zero-order chi connectivity index (χ0) is 14.4. The summed E-state index contributed by atoms with van der Waals surface area (Å²) in [6, 6.07) is -0.250. The molecular formula is C15H26N2O2. The van der Waals surface area contributed by atoms with Crippen molar-refractivity contribution in [2.45, 2.75) is 71.5 Å². The zero-order valence-corrected chi connectivity index (χ0v) is 12.7. The summed E-state index contributed by atoms with van der Waals surface area (Å²) < 4.78 is 0. The van der Waals surface area contributed by atoms with Crippen LogP contribution in [0.2, 0.25) is 0 Å². The molecule has 19 heavy (non-hydrogen) atoms. The molecule has 4 heteroatoms. The second-order valence-corrected chi connectivity index (χ2v) is 6.48. The lowest BCUT2D eigenvalue weighted by Crippen LogP contribution is -2.71. The van der Waals surface area contributed by atoms with Crippen molar-refractivity contribution in [3.05, 3.63) is 0 Å². The van der Waals surface area contributed by atoms with Crippen LogP contribution >= 0.6 is 0 Å². The summed E-state index contributed by atoms with van der Waals surface area (Å²) in [7, 11) is 0. The minimum atomic E-state index is -0.675. The van der Waals surface area contributed by atoms with Gasteiger partial charge < -0.3 is 10.2 Å². The van der Waals surface area contributed by atoms with Crippen molar-refractivity contribution >= 4 is 11.8 Å². The van der Waals surface area contributed by atoms with E-state index in [0.29, 0.717) is 11.8 Å². The Morgan fingerprint density at radius 2 is 1.95 bits per heavy atom. The van der Waals surface area contributed by atoms with E-state index in [1.165, 1.54) is 0 Å². The molecule has 4 unspecified atom stereocenters. The lowest BCUT2D eigenvalue weighted by molar-refractivity contribution is -0.158. The summed E-state index contributed by atoms with van der Waals surface area (Å²) in [6.45, 7) is 10.1. The van der Waals surface area contributed by atoms with Crippen molar-refractivity contribution in [2.75, 3.05) is 0 Å². The van der Waals surface area contributed by atoms with Crippen LogP contribution in [0.3, 0.4) is 0 Å². The minimum absolute atomic E-state index is 0.0100. The van der Waals surface area contributed by atoms with Gasteiger partial charge in [0.2, 0.25) is 11.8 Å². The van der Waals surface area contributed by atoms with Crippen LogP contribution in [0.1, 0.15) is 53.9 Å². The van der Waals surface area contributed by atoms with Gasteiger partial charge in [0, 0.05) is 6.04 Å². The Bertz CT molecular complexity index is 392. The maximum atomic E-state index is 12.9. The van der Waals surface area contributed by atoms with Crippen LogP contribution in [-0.2, 0) is 9.59 Å². The molecule has 0 aromatic rings. The average Bonchev–Trinajstić information content (AvgIpc) is 3.20. The highest BCUT2D eigenvalue weighted by atomic mass is 16.2. The Morgan fingerprint density at radius 1 is 1.37 bits per heavy atom. The van der Waals surface area contributed by atoms with Gasteiger partial charge in [-0.05, 0) is 45.4 Å². The first-order valence-electron chi connectivity index (χ1n) is 7.47. The second-order valence-electron chi connectivity index (χ2n) is 6.48. The van der Waals surface area contributed by atoms with Gasteiger partial charge in [0.15, 0.2) is 0 Å². The summed E-state index contributed by atoms with van der Waals surface area (Å²) >= 11 is 0. The number of nitrogens with zero attached hydrogens (tertiary/aromatic N) is 1. The molecule has 0 aromatic heterocycles. The number of piperazine rings is 1. The monoisotopic (exact) mass is 266 g/mol. The van der Waals surface area contributed by atoms with E-state index in [0.717, 1.165) is 19.3 Å². The van der Waals surface area contributed by atoms with E-state index in [1.807, 2.05) is 18.7 Å². The van der Waals surface area contributed by atoms with Crippen LogP contribution in [0.25, 0.3) is 0 Å². The molecule has 2 rings (SSSR count). The fourth-order valence-electron chi connectivity index (χ4n) is 3.07. The SMILES string of the molecule is CCC(C)C(C)N1C(=O)C(C)(C2CC2)NC(=O)C1C. The Morgan fingerprint density at radius 3 is 2.42 bits per heavy atom. The van der Waals surface area contributed by atoms with Crippen LogP contribution in [0, 0.1) is 11.8 Å². The summed E-state index contributed by atoms with van der Waals surface area (Å²) in [5.74, 6) is 0.822. The summed E-state index contributed by atoms with van der Waals surface area (Å²) in [4.78, 5) is 26.9. The number of carbonyl (C=O) groups excluding carboxylic acids is 2. The molecule has 1 saturated heterocycles. The number of nitrogens with one attached hydrogen (secondary N) is 1. The number of hydrogen-bond donors (Lipinski definition) is 1. The van der Waals surface area contributed by atoms with Crippen molar-refractivity contribution < 1.29 is 9.59 Å². The number of rotatable bonds is 4. The Labute approximate surface area is 115 Å². The van der Waals surface area contributed by atoms with Gasteiger partial charge in [0.1, 0.15) is 11.6 Å². The minimum Gasteiger partial charge on any atom is -0.340 e. The van der Waals surface area contributed by atoms with Gasteiger partial charge in [-0.2, -0.15) is 0 Å². The predicted molar refractivity (Wildman–Crippen MR) is 74.5 cm³/mol. The van der Waals surface area contributed by atoms with Gasteiger partial charge in [0.25, 0.3) is 0 Å². The molecule has 1 heterocycles. The standard InChI is InChI=1S/C15H26N2O2/c1-6-9(2)10(3)17-11(4)13(18)16-15(5,14(17)19)12-7-8-12/h9-12H,6-8H2,1-5H3,(H,16,18). The molecule has 1 aliphatic heterocycles. The summed E-state index contributed by atoms with van der Waals surface area (Å²) in [5.41, 5.74) is -0.675. The predicted octanol–water partition coefficient (Wildman–Crippen LogP) is 1.94. The fraction of sp³-hybridized carbons (Fsp3) is 0.867. The van der Waals surface area contributed by atoms with Crippen molar-refractivity contribution in [2.24, 2.45) is 11.8 Å². The van der Waals surface area contributed by atoms with E-state index >= 15 is 0 Å². The fourth-order valence-corrected chi connectivity index (χ4v) is 3.07. The first-order chi connectivity index (χ1) is 8.82. The largest absolute Gasteiger partial charge is 0.340 e. The number of carbonyl (C=O) groups is 2. The average molecular weight is 266 g/mol. The first-order valence-corrected chi connectivity index (χ1v) is 7.47. The third kappa shape index (κ3) is 2.26. The molecule has 108 valence electrons. The molecule has 2 fully saturated rings. The Hall–Kier alpha value is -1.06. The molecule has 4 atom stereocenters. The van der Waals surface area contributed by atoms with E-state index in [2.05, 4.69) is 26.1 Å². The molecule has 0 radical (unpaired) electrons. The van der Waals surface area contributed by atoms with Gasteiger partial charge in [-0.1, -0.05) is 20.3 Å². The van der Waals surface area contributed by atoms with Gasteiger partial charge in [-0.25, -0.2) is 0 Å². The van der Waals surface area contributed by atoms with Crippen LogP contribution < -0.4 is 5.32 Å². The molecule has 0 bridgehead atoms. The van der Waals surface area contributed by atoms with Crippen molar-refractivity contribution in [1.82, 2.24) is 10.2 Å². The highest BCUT2D eigenvalue weighted by Crippen LogP contribution is 2.42. The molecule has 0 spiro atoms. The topological polar surface area (TPSA) is 49.4 Å². The summed E-state index contributed by atoms with van der Waals surface area (Å²) in [5, 5.41) is 2.97. The van der Waals surface area contributed by atoms with E-state index in [9.17, 15) is 9.59 Å². The summed E-state index contributed by atoms with van der Waals surface area (Å²) in [6.07, 6.45) is 3.10. The number of amides is 2. The smallest absolute Gasteiger partial charge is 0.249 e. The molecule has 1 aliphatic carbocycles. The van der Waals surface area contributed by atoms with Crippen LogP contribution in [0.4, 0.5) is 0 Å². The third-order valence-electron chi connectivity index (χ3n) is 5.16. The van der Waals surface area contributed by atoms with E-state index in [-0.39, 0.29) is 23.9 Å². The molecule has 4 nitrogen and oxygen atoms in total. The van der Waals surface area contributed by atoms with Crippen LogP contribution in [0.15, 0.2) is 0 Å². The molecular weight excluding hydrogens is 240 g/mol. The number of hydrogen-bond acceptors (Lipinski definition) is 2. The maximum Gasteiger partial charge on any atom is 0.249 e. The molecule has 0 aromatic carbocycles. The highest BCUT2D eigenvalue weighted by molar-refractivity contribution is 6.00. The van der Waals surface area contributed by atoms with Crippen molar-refractivity contribution in [3.63, 3.8) is 0 Å². The lowest BCUT2D eigenvalue weighted by atomic mass is 9.87. The highest BCUT2D eigenvalue weighted by Gasteiger charge is 2.55. The van der Waals surface area contributed by atoms with E-state index in [4.69, 9.17) is 0 Å². The molecule has 2 aliphatic rings. The normalized spacial score (nSPS) is 35.0. The quantitative estimate of drug-likeness (QED) is 0.845. The second kappa shape index (κ2) is 4.80. The Kier molecular flexibility index (Phi) is 3.63. The van der Waals surface area contributed by atoms with E-state index in [1.54, 1.807) is 0 Å². The van der Waals surface area contributed by atoms with Gasteiger partial charge >= 0.3 is 0 Å². The molecule has 1 saturated carbocycles. The molecule has 1 N–H and O–H groups in total. The van der Waals surface area contributed by atoms with Gasteiger partial charge in [0.05, 0.1) is 0 Å². The first kappa shape index (κ1) is 14.4. The lowest BCUT2D eigenvalue weighted by Gasteiger charge is -2.47. The maximum absolute atomic E-state index is 12.9. The van der Waals surface area contributed by atoms with E-state index < -0.39 is 5.54 Å². The Balaban J connectivity index is 2.28. The van der Waals surface area contributed by atoms with Crippen LogP contribution in [-0.4, -0.2) is 34.3 Å². The van der Waals surface area contributed by atoms with Gasteiger partial charge in [-0.3, -0.25) is 9.59 Å². The zero-order valence-electron chi connectivity index (χ0n) is 12.7.